The first-order valence-corrected chi connectivity index (χ1v) is 9.15. The number of nitrogens with zero attached hydrogens (tertiary/aromatic N) is 1. The lowest BCUT2D eigenvalue weighted by Gasteiger charge is -2.16. The molecule has 1 aliphatic rings. The highest BCUT2D eigenvalue weighted by Crippen LogP contribution is 2.19. The first-order valence-electron chi connectivity index (χ1n) is 7.66. The quantitative estimate of drug-likeness (QED) is 0.813. The molecule has 0 saturated carbocycles. The number of nitrogens with one attached hydrogen (secondary N) is 1. The van der Waals surface area contributed by atoms with Gasteiger partial charge in [-0.05, 0) is 56.4 Å². The molecule has 1 heterocycles. The van der Waals surface area contributed by atoms with E-state index in [1.807, 2.05) is 26.8 Å². The van der Waals surface area contributed by atoms with Crippen LogP contribution in [0.25, 0.3) is 0 Å². The van der Waals surface area contributed by atoms with Crippen LogP contribution in [0.15, 0.2) is 17.0 Å². The summed E-state index contributed by atoms with van der Waals surface area (Å²) in [6.45, 7) is 7.45. The summed E-state index contributed by atoms with van der Waals surface area (Å²) in [7, 11) is -3.49. The van der Waals surface area contributed by atoms with Gasteiger partial charge in [0.15, 0.2) is 0 Å². The van der Waals surface area contributed by atoms with Crippen molar-refractivity contribution in [2.75, 3.05) is 19.6 Å². The largest absolute Gasteiger partial charge is 0.343 e. The zero-order valence-corrected chi connectivity index (χ0v) is 14.3. The van der Waals surface area contributed by atoms with Gasteiger partial charge in [-0.25, -0.2) is 13.1 Å². The molecule has 1 aromatic rings. The summed E-state index contributed by atoms with van der Waals surface area (Å²) in [5, 5.41) is 0. The number of amides is 1. The standard InChI is InChI=1S/C16H24N2O3S/c1-12-10-14(3)15(11-13(12)2)22(20,21)17-7-5-9-18-8-4-6-16(18)19/h10-11,17H,4-9H2,1-3H3. The van der Waals surface area contributed by atoms with Crippen molar-refractivity contribution < 1.29 is 13.2 Å². The number of hydrogen-bond acceptors (Lipinski definition) is 3. The van der Waals surface area contributed by atoms with Crippen LogP contribution >= 0.6 is 0 Å². The van der Waals surface area contributed by atoms with Crippen LogP contribution < -0.4 is 4.72 Å². The van der Waals surface area contributed by atoms with Crippen molar-refractivity contribution in [3.05, 3.63) is 28.8 Å². The van der Waals surface area contributed by atoms with Crippen LogP contribution in [0.1, 0.15) is 36.0 Å². The minimum atomic E-state index is -3.49. The zero-order valence-electron chi connectivity index (χ0n) is 13.5. The van der Waals surface area contributed by atoms with Gasteiger partial charge in [0.1, 0.15) is 0 Å². The highest BCUT2D eigenvalue weighted by molar-refractivity contribution is 7.89. The minimum Gasteiger partial charge on any atom is -0.343 e. The first-order chi connectivity index (χ1) is 10.3. The van der Waals surface area contributed by atoms with Crippen LogP contribution in [0.3, 0.4) is 0 Å². The molecule has 0 atom stereocenters. The first kappa shape index (κ1) is 17.0. The van der Waals surface area contributed by atoms with E-state index in [1.165, 1.54) is 0 Å². The van der Waals surface area contributed by atoms with Gasteiger partial charge in [-0.1, -0.05) is 6.07 Å². The fraction of sp³-hybridized carbons (Fsp3) is 0.562. The lowest BCUT2D eigenvalue weighted by Crippen LogP contribution is -2.31. The number of benzene rings is 1. The monoisotopic (exact) mass is 324 g/mol. The van der Waals surface area contributed by atoms with Gasteiger partial charge in [0.05, 0.1) is 4.90 Å². The number of aryl methyl sites for hydroxylation is 3. The number of carbonyl (C=O) groups excluding carboxylic acids is 1. The topological polar surface area (TPSA) is 66.5 Å². The molecule has 1 aliphatic heterocycles. The molecule has 122 valence electrons. The van der Waals surface area contributed by atoms with Gasteiger partial charge >= 0.3 is 0 Å². The molecule has 0 aliphatic carbocycles. The van der Waals surface area contributed by atoms with Gasteiger partial charge < -0.3 is 4.90 Å². The molecule has 6 heteroatoms. The molecule has 1 saturated heterocycles. The molecule has 1 aromatic carbocycles. The lowest BCUT2D eigenvalue weighted by molar-refractivity contribution is -0.127. The Morgan fingerprint density at radius 3 is 2.45 bits per heavy atom. The van der Waals surface area contributed by atoms with Gasteiger partial charge in [-0.15, -0.1) is 0 Å². The van der Waals surface area contributed by atoms with E-state index in [2.05, 4.69) is 4.72 Å². The predicted molar refractivity (Wildman–Crippen MR) is 86.3 cm³/mol. The smallest absolute Gasteiger partial charge is 0.240 e. The van der Waals surface area contributed by atoms with E-state index >= 15 is 0 Å². The Bertz CT molecular complexity index is 668. The third-order valence-corrected chi connectivity index (χ3v) is 5.75. The summed E-state index contributed by atoms with van der Waals surface area (Å²) >= 11 is 0. The minimum absolute atomic E-state index is 0.174. The molecule has 2 rings (SSSR count). The van der Waals surface area contributed by atoms with Crippen molar-refractivity contribution in [3.8, 4) is 0 Å². The Labute approximate surface area is 132 Å². The van der Waals surface area contributed by atoms with Gasteiger partial charge in [-0.2, -0.15) is 0 Å². The maximum absolute atomic E-state index is 12.4. The van der Waals surface area contributed by atoms with Crippen LogP contribution in [0.2, 0.25) is 0 Å². The van der Waals surface area contributed by atoms with Crippen LogP contribution in [-0.2, 0) is 14.8 Å². The maximum atomic E-state index is 12.4. The molecule has 0 spiro atoms. The third-order valence-electron chi connectivity index (χ3n) is 4.15. The van der Waals surface area contributed by atoms with Crippen LogP contribution in [0.5, 0.6) is 0 Å². The normalized spacial score (nSPS) is 15.6. The fourth-order valence-corrected chi connectivity index (χ4v) is 4.10. The molecule has 0 radical (unpaired) electrons. The van der Waals surface area contributed by atoms with Gasteiger partial charge in [0.25, 0.3) is 0 Å². The van der Waals surface area contributed by atoms with Crippen molar-refractivity contribution >= 4 is 15.9 Å². The van der Waals surface area contributed by atoms with Crippen molar-refractivity contribution in [1.29, 1.82) is 0 Å². The second-order valence-electron chi connectivity index (χ2n) is 5.94. The van der Waals surface area contributed by atoms with Crippen LogP contribution in [-0.4, -0.2) is 38.9 Å². The Morgan fingerprint density at radius 2 is 1.82 bits per heavy atom. The van der Waals surface area contributed by atoms with E-state index in [1.54, 1.807) is 11.0 Å². The summed E-state index contributed by atoms with van der Waals surface area (Å²) in [6, 6.07) is 3.61. The molecule has 0 unspecified atom stereocenters. The predicted octanol–water partition coefficient (Wildman–Crippen LogP) is 1.90. The molecule has 0 bridgehead atoms. The average Bonchev–Trinajstić information content (AvgIpc) is 2.84. The maximum Gasteiger partial charge on any atom is 0.240 e. The lowest BCUT2D eigenvalue weighted by atomic mass is 10.1. The highest BCUT2D eigenvalue weighted by atomic mass is 32.2. The molecule has 5 nitrogen and oxygen atoms in total. The second kappa shape index (κ2) is 6.79. The number of sulfonamides is 1. The fourth-order valence-electron chi connectivity index (χ4n) is 2.72. The summed E-state index contributed by atoms with van der Waals surface area (Å²) in [6.07, 6.45) is 2.16. The summed E-state index contributed by atoms with van der Waals surface area (Å²) < 4.78 is 27.4. The van der Waals surface area contributed by atoms with E-state index in [-0.39, 0.29) is 5.91 Å². The van der Waals surface area contributed by atoms with Crippen molar-refractivity contribution in [2.45, 2.75) is 44.9 Å². The molecular formula is C16H24N2O3S. The average molecular weight is 324 g/mol. The molecule has 0 aromatic heterocycles. The van der Waals surface area contributed by atoms with Crippen LogP contribution in [0.4, 0.5) is 0 Å². The second-order valence-corrected chi connectivity index (χ2v) is 7.67. The van der Waals surface area contributed by atoms with Crippen LogP contribution in [0, 0.1) is 20.8 Å². The molecule has 22 heavy (non-hydrogen) atoms. The van der Waals surface area contributed by atoms with Crippen molar-refractivity contribution in [1.82, 2.24) is 9.62 Å². The molecule has 1 N–H and O–H groups in total. The van der Waals surface area contributed by atoms with Gasteiger partial charge in [0.2, 0.25) is 15.9 Å². The van der Waals surface area contributed by atoms with E-state index in [4.69, 9.17) is 0 Å². The Balaban J connectivity index is 1.94. The van der Waals surface area contributed by atoms with E-state index in [0.717, 1.165) is 29.7 Å². The SMILES string of the molecule is Cc1cc(C)c(S(=O)(=O)NCCCN2CCCC2=O)cc1C. The zero-order chi connectivity index (χ0) is 16.3. The number of hydrogen-bond donors (Lipinski definition) is 1. The highest BCUT2D eigenvalue weighted by Gasteiger charge is 2.20. The summed E-state index contributed by atoms with van der Waals surface area (Å²) in [5.74, 6) is 0.174. The number of rotatable bonds is 6. The van der Waals surface area contributed by atoms with Gasteiger partial charge in [-0.3, -0.25) is 4.79 Å². The Kier molecular flexibility index (Phi) is 5.24. The molecule has 1 amide bonds. The molecule has 1 fully saturated rings. The van der Waals surface area contributed by atoms with Gasteiger partial charge in [0, 0.05) is 26.1 Å². The van der Waals surface area contributed by atoms with E-state index < -0.39 is 10.0 Å². The number of carbonyl (C=O) groups is 1. The Morgan fingerprint density at radius 1 is 1.14 bits per heavy atom. The van der Waals surface area contributed by atoms with E-state index in [0.29, 0.717) is 30.8 Å². The summed E-state index contributed by atoms with van der Waals surface area (Å²) in [5.41, 5.74) is 2.81. The molecular weight excluding hydrogens is 300 g/mol. The summed E-state index contributed by atoms with van der Waals surface area (Å²) in [4.78, 5) is 13.6. The van der Waals surface area contributed by atoms with E-state index in [9.17, 15) is 13.2 Å². The number of likely N-dealkylation sites (tertiary alicyclic amines) is 1. The van der Waals surface area contributed by atoms with Crippen molar-refractivity contribution in [3.63, 3.8) is 0 Å². The van der Waals surface area contributed by atoms with Crippen molar-refractivity contribution in [2.24, 2.45) is 0 Å². The Hall–Kier alpha value is -1.40. The third kappa shape index (κ3) is 3.87.